The quantitative estimate of drug-likeness (QED) is 0.474. The number of hydrogen-bond acceptors (Lipinski definition) is 7. The number of piperazine rings is 1. The van der Waals surface area contributed by atoms with Gasteiger partial charge in [-0.25, -0.2) is 8.42 Å². The molecular weight excluding hydrogens is 527 g/mol. The van der Waals surface area contributed by atoms with Crippen LogP contribution in [0, 0.1) is 0 Å². The Bertz CT molecular complexity index is 1160. The number of sulfonamides is 1. The molecule has 37 heavy (non-hydrogen) atoms. The van der Waals surface area contributed by atoms with Crippen molar-refractivity contribution in [2.45, 2.75) is 56.6 Å². The van der Waals surface area contributed by atoms with Gasteiger partial charge >= 0.3 is 6.18 Å². The molecule has 204 valence electrons. The fourth-order valence-corrected chi connectivity index (χ4v) is 6.90. The molecule has 2 N–H and O–H groups in total. The van der Waals surface area contributed by atoms with Gasteiger partial charge in [-0.3, -0.25) is 0 Å². The summed E-state index contributed by atoms with van der Waals surface area (Å²) in [5, 5.41) is 13.5. The van der Waals surface area contributed by atoms with E-state index < -0.39 is 21.8 Å². The number of nitrogens with zero attached hydrogens (tertiary/aromatic N) is 2. The lowest BCUT2D eigenvalue weighted by molar-refractivity contribution is -0.258. The summed E-state index contributed by atoms with van der Waals surface area (Å²) in [5.74, 6) is 0. The highest BCUT2D eigenvalue weighted by Gasteiger charge is 2.51. The molecule has 1 aliphatic carbocycles. The van der Waals surface area contributed by atoms with E-state index in [1.54, 1.807) is 18.2 Å². The molecule has 2 saturated heterocycles. The lowest BCUT2D eigenvalue weighted by Gasteiger charge is -2.44. The molecule has 4 rings (SSSR count). The van der Waals surface area contributed by atoms with E-state index in [1.165, 1.54) is 22.5 Å². The smallest absolute Gasteiger partial charge is 0.378 e. The van der Waals surface area contributed by atoms with Crippen molar-refractivity contribution in [1.29, 1.82) is 0 Å². The van der Waals surface area contributed by atoms with E-state index >= 15 is 0 Å². The molecule has 2 heterocycles. The van der Waals surface area contributed by atoms with Gasteiger partial charge in [-0.1, -0.05) is 36.5 Å². The standard InChI is InChI=1S/C25H32F3N3O4S2/c1-17(29-19-15-35-16-19)13-21-14-30(37(33,34)23-6-4-3-5-22(23)36)11-12-31(21)20-9-7-18(8-10-20)24(2,32)25(26,27)28/h3-4,6-10,17,19,21,29,32H,5,11-16H2,1-2H3/t17-,21-,24+/m0/s1. The van der Waals surface area contributed by atoms with Crippen LogP contribution < -0.4 is 10.2 Å². The van der Waals surface area contributed by atoms with E-state index in [0.717, 1.165) is 6.92 Å². The maximum Gasteiger partial charge on any atom is 0.421 e. The summed E-state index contributed by atoms with van der Waals surface area (Å²) in [6.07, 6.45) is 1.25. The Kier molecular flexibility index (Phi) is 8.18. The predicted octanol–water partition coefficient (Wildman–Crippen LogP) is 3.26. The SMILES string of the molecule is C[C@@H](C[C@H]1CN(S(=O)(=O)C2=CC=CCC2=S)CCN1c1ccc([C@@](C)(O)C(F)(F)F)cc1)NC1COC1. The zero-order valence-electron chi connectivity index (χ0n) is 20.7. The molecule has 2 fully saturated rings. The molecule has 0 unspecified atom stereocenters. The Morgan fingerprint density at radius 3 is 2.46 bits per heavy atom. The van der Waals surface area contributed by atoms with Gasteiger partial charge in [0.15, 0.2) is 5.60 Å². The van der Waals surface area contributed by atoms with Gasteiger partial charge in [-0.2, -0.15) is 17.5 Å². The van der Waals surface area contributed by atoms with Crippen molar-refractivity contribution < 1.29 is 31.4 Å². The maximum absolute atomic E-state index is 13.5. The van der Waals surface area contributed by atoms with E-state index in [0.29, 0.717) is 43.2 Å². The van der Waals surface area contributed by atoms with Crippen LogP contribution in [-0.2, 0) is 20.4 Å². The first-order valence-corrected chi connectivity index (χ1v) is 14.1. The molecule has 2 aliphatic heterocycles. The first-order valence-electron chi connectivity index (χ1n) is 12.2. The van der Waals surface area contributed by atoms with Gasteiger partial charge in [-0.15, -0.1) is 0 Å². The van der Waals surface area contributed by atoms with Crippen LogP contribution in [0.4, 0.5) is 18.9 Å². The number of aliphatic hydroxyl groups is 1. The van der Waals surface area contributed by atoms with Crippen LogP contribution in [0.15, 0.2) is 47.4 Å². The Hall–Kier alpha value is -1.83. The average Bonchev–Trinajstić information content (AvgIpc) is 2.81. The summed E-state index contributed by atoms with van der Waals surface area (Å²) in [6, 6.07) is 5.69. The minimum atomic E-state index is -4.81. The highest BCUT2D eigenvalue weighted by atomic mass is 32.2. The third kappa shape index (κ3) is 5.94. The van der Waals surface area contributed by atoms with Crippen LogP contribution >= 0.6 is 12.2 Å². The van der Waals surface area contributed by atoms with Gasteiger partial charge < -0.3 is 20.1 Å². The summed E-state index contributed by atoms with van der Waals surface area (Å²) in [4.78, 5) is 2.56. The zero-order valence-corrected chi connectivity index (χ0v) is 22.4. The summed E-state index contributed by atoms with van der Waals surface area (Å²) in [7, 11) is -3.79. The number of halogens is 3. The summed E-state index contributed by atoms with van der Waals surface area (Å²) in [5.41, 5.74) is -2.56. The molecular formula is C25H32F3N3O4S2. The van der Waals surface area contributed by atoms with Gasteiger partial charge in [0, 0.05) is 48.7 Å². The fraction of sp³-hybridized carbons (Fsp3) is 0.560. The number of hydrogen-bond donors (Lipinski definition) is 2. The van der Waals surface area contributed by atoms with Crippen LogP contribution in [0.2, 0.25) is 0 Å². The van der Waals surface area contributed by atoms with Crippen molar-refractivity contribution in [3.8, 4) is 0 Å². The number of nitrogens with one attached hydrogen (secondary N) is 1. The van der Waals surface area contributed by atoms with Gasteiger partial charge in [0.25, 0.3) is 0 Å². The van der Waals surface area contributed by atoms with E-state index in [1.807, 2.05) is 17.9 Å². The van der Waals surface area contributed by atoms with Crippen LogP contribution in [-0.4, -0.2) is 79.8 Å². The average molecular weight is 560 g/mol. The highest BCUT2D eigenvalue weighted by molar-refractivity contribution is 7.96. The number of rotatable bonds is 8. The number of thiocarbonyl (C=S) groups is 1. The summed E-state index contributed by atoms with van der Waals surface area (Å²) < 4.78 is 73.5. The Balaban J connectivity index is 1.57. The number of benzene rings is 1. The molecule has 0 saturated carbocycles. The van der Waals surface area contributed by atoms with Crippen LogP contribution in [0.5, 0.6) is 0 Å². The Morgan fingerprint density at radius 1 is 1.22 bits per heavy atom. The first-order chi connectivity index (χ1) is 17.3. The van der Waals surface area contributed by atoms with E-state index in [9.17, 15) is 26.7 Å². The Labute approximate surface area is 221 Å². The minimum Gasteiger partial charge on any atom is -0.378 e. The lowest BCUT2D eigenvalue weighted by Crippen LogP contribution is -2.58. The van der Waals surface area contributed by atoms with Gasteiger partial charge in [0.2, 0.25) is 10.0 Å². The summed E-state index contributed by atoms with van der Waals surface area (Å²) >= 11 is 5.32. The molecule has 7 nitrogen and oxygen atoms in total. The largest absolute Gasteiger partial charge is 0.421 e. The molecule has 0 radical (unpaired) electrons. The topological polar surface area (TPSA) is 82.1 Å². The molecule has 1 aromatic rings. The lowest BCUT2D eigenvalue weighted by atomic mass is 9.94. The minimum absolute atomic E-state index is 0.0483. The third-order valence-corrected chi connectivity index (χ3v) is 9.59. The van der Waals surface area contributed by atoms with Crippen molar-refractivity contribution in [1.82, 2.24) is 9.62 Å². The van der Waals surface area contributed by atoms with Crippen molar-refractivity contribution in [2.75, 3.05) is 37.7 Å². The zero-order chi connectivity index (χ0) is 27.0. The third-order valence-electron chi connectivity index (χ3n) is 7.12. The second-order valence-electron chi connectivity index (χ2n) is 9.95. The van der Waals surface area contributed by atoms with Crippen LogP contribution in [0.25, 0.3) is 0 Å². The van der Waals surface area contributed by atoms with Gasteiger partial charge in [0.05, 0.1) is 24.2 Å². The first kappa shape index (κ1) is 28.2. The normalized spacial score (nSPS) is 24.4. The van der Waals surface area contributed by atoms with Crippen LogP contribution in [0.1, 0.15) is 32.3 Å². The number of allylic oxidation sites excluding steroid dienone is 4. The summed E-state index contributed by atoms with van der Waals surface area (Å²) in [6.45, 7) is 4.78. The van der Waals surface area contributed by atoms with Gasteiger partial charge in [0.1, 0.15) is 0 Å². The number of ether oxygens (including phenoxy) is 1. The molecule has 1 aromatic carbocycles. The molecule has 3 atom stereocenters. The fourth-order valence-electron chi connectivity index (χ4n) is 4.83. The molecule has 3 aliphatic rings. The molecule has 12 heteroatoms. The monoisotopic (exact) mass is 559 g/mol. The van der Waals surface area contributed by atoms with E-state index in [-0.39, 0.29) is 41.7 Å². The Morgan fingerprint density at radius 2 is 1.89 bits per heavy atom. The molecule has 0 amide bonds. The van der Waals surface area contributed by atoms with E-state index in [4.69, 9.17) is 17.0 Å². The maximum atomic E-state index is 13.5. The number of anilines is 1. The number of alkyl halides is 3. The van der Waals surface area contributed by atoms with Crippen molar-refractivity contribution in [3.05, 3.63) is 53.0 Å². The molecule has 0 spiro atoms. The second-order valence-corrected chi connectivity index (χ2v) is 12.4. The second kappa shape index (κ2) is 10.7. The van der Waals surface area contributed by atoms with E-state index in [2.05, 4.69) is 5.32 Å². The van der Waals surface area contributed by atoms with Crippen LogP contribution in [0.3, 0.4) is 0 Å². The van der Waals surface area contributed by atoms with Crippen molar-refractivity contribution >= 4 is 32.8 Å². The van der Waals surface area contributed by atoms with Gasteiger partial charge in [-0.05, 0) is 44.0 Å². The molecule has 0 aromatic heterocycles. The van der Waals surface area contributed by atoms with Crippen molar-refractivity contribution in [2.24, 2.45) is 0 Å². The van der Waals surface area contributed by atoms with Crippen molar-refractivity contribution in [3.63, 3.8) is 0 Å². The predicted molar refractivity (Wildman–Crippen MR) is 140 cm³/mol. The molecule has 0 bridgehead atoms. The highest BCUT2D eigenvalue weighted by Crippen LogP contribution is 2.39.